The van der Waals surface area contributed by atoms with Crippen LogP contribution < -0.4 is 14.4 Å². The summed E-state index contributed by atoms with van der Waals surface area (Å²) in [6.07, 6.45) is -4.72. The highest BCUT2D eigenvalue weighted by Gasteiger charge is 2.31. The van der Waals surface area contributed by atoms with E-state index in [4.69, 9.17) is 5.41 Å². The highest BCUT2D eigenvalue weighted by Crippen LogP contribution is 2.28. The molecule has 2 heterocycles. The Balaban J connectivity index is 0.00000272. The highest BCUT2D eigenvalue weighted by molar-refractivity contribution is 7.16. The average molecular weight is 473 g/mol. The number of ether oxygens (including phenoxy) is 1. The summed E-state index contributed by atoms with van der Waals surface area (Å²) in [5, 5.41) is 8.22. The zero-order valence-corrected chi connectivity index (χ0v) is 18.6. The largest absolute Gasteiger partial charge is 0.573 e. The zero-order valence-electron chi connectivity index (χ0n) is 17.0. The highest BCUT2D eigenvalue weighted by atomic mass is 35.5. The molecular formula is C21H24ClF3N4OS. The van der Waals surface area contributed by atoms with Crippen LogP contribution in [0.15, 0.2) is 42.5 Å². The first-order valence-corrected chi connectivity index (χ1v) is 10.6. The monoisotopic (exact) mass is 472 g/mol. The maximum atomic E-state index is 12.4. The van der Waals surface area contributed by atoms with E-state index in [-0.39, 0.29) is 18.2 Å². The van der Waals surface area contributed by atoms with E-state index in [0.29, 0.717) is 16.0 Å². The van der Waals surface area contributed by atoms with Crippen LogP contribution in [0.1, 0.15) is 5.56 Å². The van der Waals surface area contributed by atoms with Crippen LogP contribution in [-0.4, -0.2) is 48.6 Å². The van der Waals surface area contributed by atoms with Gasteiger partial charge in [0.1, 0.15) is 5.75 Å². The summed E-state index contributed by atoms with van der Waals surface area (Å²) in [7, 11) is 0. The number of nitrogens with one attached hydrogen (secondary N) is 1. The molecular weight excluding hydrogens is 449 g/mol. The lowest BCUT2D eigenvalue weighted by Gasteiger charge is -2.36. The van der Waals surface area contributed by atoms with Crippen molar-refractivity contribution in [1.82, 2.24) is 9.47 Å². The fraction of sp³-hybridized carbons (Fsp3) is 0.381. The third-order valence-electron chi connectivity index (χ3n) is 5.29. The molecule has 0 atom stereocenters. The molecule has 0 aliphatic carbocycles. The molecule has 10 heteroatoms. The number of piperazine rings is 1. The number of fused-ring (bicyclic) bond motifs is 1. The van der Waals surface area contributed by atoms with E-state index in [9.17, 15) is 13.2 Å². The number of anilines is 1. The molecule has 1 fully saturated rings. The second-order valence-electron chi connectivity index (χ2n) is 7.40. The number of hydrogen-bond acceptors (Lipinski definition) is 5. The lowest BCUT2D eigenvalue weighted by atomic mass is 10.2. The summed E-state index contributed by atoms with van der Waals surface area (Å²) in [6, 6.07) is 12.8. The van der Waals surface area contributed by atoms with E-state index in [1.54, 1.807) is 6.07 Å². The first-order valence-electron chi connectivity index (χ1n) is 9.76. The van der Waals surface area contributed by atoms with E-state index >= 15 is 0 Å². The van der Waals surface area contributed by atoms with Crippen molar-refractivity contribution in [2.45, 2.75) is 19.8 Å². The van der Waals surface area contributed by atoms with Gasteiger partial charge in [-0.05, 0) is 42.8 Å². The summed E-state index contributed by atoms with van der Waals surface area (Å²) < 4.78 is 43.8. The van der Waals surface area contributed by atoms with Crippen LogP contribution in [-0.2, 0) is 6.54 Å². The molecule has 5 nitrogen and oxygen atoms in total. The summed E-state index contributed by atoms with van der Waals surface area (Å²) in [5.41, 5.74) is 3.26. The van der Waals surface area contributed by atoms with Crippen LogP contribution in [0.5, 0.6) is 5.75 Å². The van der Waals surface area contributed by atoms with Crippen molar-refractivity contribution in [3.63, 3.8) is 0 Å². The van der Waals surface area contributed by atoms with Gasteiger partial charge in [-0.1, -0.05) is 23.5 Å². The molecule has 0 bridgehead atoms. The van der Waals surface area contributed by atoms with Gasteiger partial charge in [0.25, 0.3) is 0 Å². The summed E-state index contributed by atoms with van der Waals surface area (Å²) in [6.45, 7) is 7.29. The molecule has 3 aromatic rings. The Hall–Kier alpha value is -2.23. The van der Waals surface area contributed by atoms with Crippen molar-refractivity contribution < 1.29 is 17.9 Å². The van der Waals surface area contributed by atoms with Gasteiger partial charge in [-0.15, -0.1) is 25.6 Å². The van der Waals surface area contributed by atoms with Crippen LogP contribution in [0, 0.1) is 12.3 Å². The molecule has 4 rings (SSSR count). The maximum Gasteiger partial charge on any atom is 0.573 e. The van der Waals surface area contributed by atoms with Gasteiger partial charge < -0.3 is 14.2 Å². The van der Waals surface area contributed by atoms with Gasteiger partial charge in [0.15, 0.2) is 4.80 Å². The molecule has 1 aliphatic heterocycles. The Morgan fingerprint density at radius 1 is 1.03 bits per heavy atom. The molecule has 0 spiro atoms. The van der Waals surface area contributed by atoms with Crippen LogP contribution in [0.4, 0.5) is 18.9 Å². The lowest BCUT2D eigenvalue weighted by Crippen LogP contribution is -2.47. The predicted molar refractivity (Wildman–Crippen MR) is 119 cm³/mol. The van der Waals surface area contributed by atoms with Gasteiger partial charge in [-0.2, -0.15) is 0 Å². The van der Waals surface area contributed by atoms with Crippen molar-refractivity contribution in [1.29, 1.82) is 5.41 Å². The Labute approximate surface area is 188 Å². The zero-order chi connectivity index (χ0) is 21.3. The Morgan fingerprint density at radius 2 is 1.77 bits per heavy atom. The van der Waals surface area contributed by atoms with E-state index < -0.39 is 6.36 Å². The molecule has 0 radical (unpaired) electrons. The van der Waals surface area contributed by atoms with Crippen molar-refractivity contribution in [2.24, 2.45) is 0 Å². The Kier molecular flexibility index (Phi) is 7.18. The summed E-state index contributed by atoms with van der Waals surface area (Å²) in [4.78, 5) is 5.07. The normalized spacial score (nSPS) is 15.2. The van der Waals surface area contributed by atoms with Crippen molar-refractivity contribution >= 4 is 39.6 Å². The molecule has 0 unspecified atom stereocenters. The predicted octanol–water partition coefficient (Wildman–Crippen LogP) is 4.63. The van der Waals surface area contributed by atoms with Crippen LogP contribution >= 0.6 is 23.7 Å². The fourth-order valence-corrected chi connectivity index (χ4v) is 4.75. The molecule has 0 saturated carbocycles. The first kappa shape index (κ1) is 23.4. The first-order chi connectivity index (χ1) is 14.3. The Morgan fingerprint density at radius 3 is 2.45 bits per heavy atom. The molecule has 2 aromatic carbocycles. The van der Waals surface area contributed by atoms with Gasteiger partial charge in [0.2, 0.25) is 0 Å². The van der Waals surface area contributed by atoms with E-state index in [1.807, 2.05) is 4.57 Å². The lowest BCUT2D eigenvalue weighted by molar-refractivity contribution is -0.274. The van der Waals surface area contributed by atoms with Crippen LogP contribution in [0.25, 0.3) is 10.2 Å². The van der Waals surface area contributed by atoms with Gasteiger partial charge in [-0.3, -0.25) is 10.3 Å². The van der Waals surface area contributed by atoms with Crippen LogP contribution in [0.2, 0.25) is 0 Å². The summed E-state index contributed by atoms with van der Waals surface area (Å²) >= 11 is 1.16. The number of hydrogen-bond donors (Lipinski definition) is 1. The fourth-order valence-electron chi connectivity index (χ4n) is 3.78. The summed E-state index contributed by atoms with van der Waals surface area (Å²) in [5.74, 6) is -0.254. The smallest absolute Gasteiger partial charge is 0.406 e. The minimum atomic E-state index is -4.72. The Bertz CT molecular complexity index is 1090. The number of rotatable bonds is 5. The molecule has 1 aliphatic rings. The molecule has 1 aromatic heterocycles. The molecule has 0 amide bonds. The maximum absolute atomic E-state index is 12.4. The van der Waals surface area contributed by atoms with Gasteiger partial charge in [-0.25, -0.2) is 0 Å². The third-order valence-corrected chi connectivity index (χ3v) is 6.25. The number of thiazole rings is 1. The van der Waals surface area contributed by atoms with Crippen molar-refractivity contribution in [3.05, 3.63) is 52.8 Å². The van der Waals surface area contributed by atoms with Gasteiger partial charge in [0, 0.05) is 45.0 Å². The molecule has 1 saturated heterocycles. The number of alkyl halides is 3. The van der Waals surface area contributed by atoms with E-state index in [2.05, 4.69) is 45.7 Å². The minimum absolute atomic E-state index is 0. The third kappa shape index (κ3) is 5.72. The van der Waals surface area contributed by atoms with E-state index in [1.165, 1.54) is 23.4 Å². The SMILES string of the molecule is Cc1cccc(N2CCN(CCn3c(=N)sc4cc(OC(F)(F)F)ccc43)CC2)c1.Cl. The number of aryl methyl sites for hydroxylation is 1. The number of halogens is 4. The number of benzene rings is 2. The van der Waals surface area contributed by atoms with Crippen molar-refractivity contribution in [2.75, 3.05) is 37.6 Å². The molecule has 1 N–H and O–H groups in total. The number of aromatic nitrogens is 1. The minimum Gasteiger partial charge on any atom is -0.406 e. The number of nitrogens with zero attached hydrogens (tertiary/aromatic N) is 3. The average Bonchev–Trinajstić information content (AvgIpc) is 3.00. The standard InChI is InChI=1S/C21H23F3N4OS.ClH/c1-15-3-2-4-16(13-15)27-10-7-26(8-11-27)9-12-28-18-6-5-17(29-21(22,23)24)14-19(18)30-20(28)25;/h2-6,13-14,25H,7-12H2,1H3;1H. The molecule has 31 heavy (non-hydrogen) atoms. The second-order valence-corrected chi connectivity index (χ2v) is 8.43. The quantitative estimate of drug-likeness (QED) is 0.588. The van der Waals surface area contributed by atoms with Crippen LogP contribution in [0.3, 0.4) is 0 Å². The second kappa shape index (κ2) is 9.50. The van der Waals surface area contributed by atoms with Gasteiger partial charge in [0.05, 0.1) is 10.2 Å². The molecule has 168 valence electrons. The topological polar surface area (TPSA) is 44.5 Å². The van der Waals surface area contributed by atoms with E-state index in [0.717, 1.165) is 49.6 Å². The van der Waals surface area contributed by atoms with Crippen molar-refractivity contribution in [3.8, 4) is 5.75 Å². The van der Waals surface area contributed by atoms with Gasteiger partial charge >= 0.3 is 6.36 Å².